The Morgan fingerprint density at radius 3 is 2.48 bits per heavy atom. The van der Waals surface area contributed by atoms with Gasteiger partial charge in [0, 0.05) is 31.2 Å². The molecule has 1 aliphatic carbocycles. The number of piperidine rings is 1. The first kappa shape index (κ1) is 16.8. The fraction of sp³-hybridized carbons (Fsp3) is 0.941. The molecule has 4 nitrogen and oxygen atoms in total. The van der Waals surface area contributed by atoms with Gasteiger partial charge in [0.15, 0.2) is 0 Å². The summed E-state index contributed by atoms with van der Waals surface area (Å²) in [4.78, 5) is 17.2. The number of nitrogens with zero attached hydrogens (tertiary/aromatic N) is 2. The third-order valence-corrected chi connectivity index (χ3v) is 4.94. The van der Waals surface area contributed by atoms with Crippen LogP contribution in [0.3, 0.4) is 0 Å². The Morgan fingerprint density at radius 1 is 1.24 bits per heavy atom. The second-order valence-corrected chi connectivity index (χ2v) is 7.48. The highest BCUT2D eigenvalue weighted by Gasteiger charge is 2.30. The van der Waals surface area contributed by atoms with Crippen LogP contribution in [0.4, 0.5) is 0 Å². The van der Waals surface area contributed by atoms with Crippen molar-refractivity contribution in [2.24, 2.45) is 11.7 Å². The molecular weight excluding hydrogens is 262 g/mol. The molecular formula is C17H33N3O. The highest BCUT2D eigenvalue weighted by Crippen LogP contribution is 2.25. The molecule has 2 unspecified atom stereocenters. The van der Waals surface area contributed by atoms with E-state index in [-0.39, 0.29) is 6.04 Å². The van der Waals surface area contributed by atoms with Crippen molar-refractivity contribution in [1.29, 1.82) is 0 Å². The van der Waals surface area contributed by atoms with Crippen LogP contribution in [-0.2, 0) is 4.79 Å². The van der Waals surface area contributed by atoms with Crippen molar-refractivity contribution in [1.82, 2.24) is 9.80 Å². The maximum absolute atomic E-state index is 12.8. The van der Waals surface area contributed by atoms with E-state index in [9.17, 15) is 4.79 Å². The highest BCUT2D eigenvalue weighted by atomic mass is 16.2. The molecule has 2 aliphatic rings. The number of amides is 1. The quantitative estimate of drug-likeness (QED) is 0.865. The van der Waals surface area contributed by atoms with E-state index in [0.29, 0.717) is 30.5 Å². The molecule has 0 bridgehead atoms. The molecule has 122 valence electrons. The molecule has 0 aromatic heterocycles. The predicted octanol–water partition coefficient (Wildman–Crippen LogP) is 2.23. The van der Waals surface area contributed by atoms with Gasteiger partial charge in [-0.3, -0.25) is 9.69 Å². The van der Waals surface area contributed by atoms with E-state index in [1.807, 2.05) is 0 Å². The summed E-state index contributed by atoms with van der Waals surface area (Å²) in [6, 6.07) is 0.988. The number of carbonyl (C=O) groups excluding carboxylic acids is 1. The first-order valence-electron chi connectivity index (χ1n) is 8.76. The Hall–Kier alpha value is -0.610. The van der Waals surface area contributed by atoms with Crippen LogP contribution < -0.4 is 5.73 Å². The Morgan fingerprint density at radius 2 is 1.90 bits per heavy atom. The summed E-state index contributed by atoms with van der Waals surface area (Å²) in [5, 5.41) is 0. The summed E-state index contributed by atoms with van der Waals surface area (Å²) in [6.45, 7) is 8.96. The minimum Gasteiger partial charge on any atom is -0.336 e. The molecule has 4 heteroatoms. The SMILES string of the molecule is CC1CC(N)CN(CC(=O)N(C(C)C)C2CCCCC2)C1. The Labute approximate surface area is 130 Å². The van der Waals surface area contributed by atoms with E-state index in [2.05, 4.69) is 30.6 Å². The molecule has 2 rings (SSSR count). The Bertz CT molecular complexity index is 329. The van der Waals surface area contributed by atoms with Gasteiger partial charge in [-0.1, -0.05) is 26.2 Å². The summed E-state index contributed by atoms with van der Waals surface area (Å²) < 4.78 is 0. The maximum Gasteiger partial charge on any atom is 0.237 e. The van der Waals surface area contributed by atoms with Gasteiger partial charge >= 0.3 is 0 Å². The zero-order valence-corrected chi connectivity index (χ0v) is 14.1. The second-order valence-electron chi connectivity index (χ2n) is 7.48. The monoisotopic (exact) mass is 295 g/mol. The van der Waals surface area contributed by atoms with E-state index >= 15 is 0 Å². The third kappa shape index (κ3) is 4.68. The van der Waals surface area contributed by atoms with Gasteiger partial charge in [0.25, 0.3) is 0 Å². The average Bonchev–Trinajstić information content (AvgIpc) is 2.38. The second kappa shape index (κ2) is 7.59. The fourth-order valence-electron chi connectivity index (χ4n) is 4.19. The zero-order chi connectivity index (χ0) is 15.4. The van der Waals surface area contributed by atoms with Crippen LogP contribution in [-0.4, -0.2) is 53.5 Å². The van der Waals surface area contributed by atoms with Crippen LogP contribution in [0.15, 0.2) is 0 Å². The van der Waals surface area contributed by atoms with Crippen LogP contribution in [0, 0.1) is 5.92 Å². The lowest BCUT2D eigenvalue weighted by Crippen LogP contribution is -2.53. The third-order valence-electron chi connectivity index (χ3n) is 4.94. The van der Waals surface area contributed by atoms with E-state index in [4.69, 9.17) is 5.73 Å². The molecule has 1 saturated carbocycles. The molecule has 1 saturated heterocycles. The summed E-state index contributed by atoms with van der Waals surface area (Å²) in [6.07, 6.45) is 7.32. The van der Waals surface area contributed by atoms with Crippen LogP contribution >= 0.6 is 0 Å². The number of carbonyl (C=O) groups is 1. The van der Waals surface area contributed by atoms with Crippen molar-refractivity contribution in [3.63, 3.8) is 0 Å². The van der Waals surface area contributed by atoms with Crippen molar-refractivity contribution in [3.8, 4) is 0 Å². The normalized spacial score (nSPS) is 28.8. The lowest BCUT2D eigenvalue weighted by molar-refractivity contribution is -0.138. The molecule has 1 amide bonds. The van der Waals surface area contributed by atoms with Gasteiger partial charge in [-0.25, -0.2) is 0 Å². The van der Waals surface area contributed by atoms with Crippen molar-refractivity contribution in [3.05, 3.63) is 0 Å². The summed E-state index contributed by atoms with van der Waals surface area (Å²) in [5.74, 6) is 0.905. The van der Waals surface area contributed by atoms with Crippen LogP contribution in [0.5, 0.6) is 0 Å². The number of hydrogen-bond donors (Lipinski definition) is 1. The van der Waals surface area contributed by atoms with Crippen LogP contribution in [0.1, 0.15) is 59.3 Å². The maximum atomic E-state index is 12.8. The van der Waals surface area contributed by atoms with E-state index in [1.165, 1.54) is 32.1 Å². The first-order chi connectivity index (χ1) is 9.97. The van der Waals surface area contributed by atoms with Gasteiger partial charge in [0.05, 0.1) is 6.54 Å². The lowest BCUT2D eigenvalue weighted by Gasteiger charge is -2.40. The van der Waals surface area contributed by atoms with Crippen LogP contribution in [0.25, 0.3) is 0 Å². The molecule has 21 heavy (non-hydrogen) atoms. The van der Waals surface area contributed by atoms with Gasteiger partial charge in [0.1, 0.15) is 0 Å². The lowest BCUT2D eigenvalue weighted by atomic mass is 9.93. The minimum atomic E-state index is 0.226. The van der Waals surface area contributed by atoms with E-state index < -0.39 is 0 Å². The molecule has 2 atom stereocenters. The predicted molar refractivity (Wildman–Crippen MR) is 87.1 cm³/mol. The van der Waals surface area contributed by atoms with Gasteiger partial charge in [-0.2, -0.15) is 0 Å². The summed E-state index contributed by atoms with van der Waals surface area (Å²) >= 11 is 0. The van der Waals surface area contributed by atoms with Crippen molar-refractivity contribution >= 4 is 5.91 Å². The zero-order valence-electron chi connectivity index (χ0n) is 14.1. The molecule has 0 radical (unpaired) electrons. The minimum absolute atomic E-state index is 0.226. The topological polar surface area (TPSA) is 49.6 Å². The standard InChI is InChI=1S/C17H33N3O/c1-13(2)20(16-7-5-4-6-8-16)17(21)12-19-10-14(3)9-15(18)11-19/h13-16H,4-12,18H2,1-3H3. The van der Waals surface area contributed by atoms with Gasteiger partial charge in [-0.15, -0.1) is 0 Å². The number of likely N-dealkylation sites (tertiary alicyclic amines) is 1. The fourth-order valence-corrected chi connectivity index (χ4v) is 4.19. The first-order valence-corrected chi connectivity index (χ1v) is 8.76. The van der Waals surface area contributed by atoms with E-state index in [0.717, 1.165) is 19.5 Å². The Balaban J connectivity index is 1.94. The highest BCUT2D eigenvalue weighted by molar-refractivity contribution is 5.79. The molecule has 0 aromatic rings. The molecule has 1 aliphatic heterocycles. The molecule has 0 spiro atoms. The summed E-state index contributed by atoms with van der Waals surface area (Å²) in [7, 11) is 0. The van der Waals surface area contributed by atoms with Gasteiger partial charge in [-0.05, 0) is 39.0 Å². The van der Waals surface area contributed by atoms with Gasteiger partial charge < -0.3 is 10.6 Å². The van der Waals surface area contributed by atoms with Crippen molar-refractivity contribution in [2.75, 3.05) is 19.6 Å². The van der Waals surface area contributed by atoms with Crippen LogP contribution in [0.2, 0.25) is 0 Å². The molecule has 1 heterocycles. The Kier molecular flexibility index (Phi) is 6.06. The van der Waals surface area contributed by atoms with E-state index in [1.54, 1.807) is 0 Å². The number of hydrogen-bond acceptors (Lipinski definition) is 3. The van der Waals surface area contributed by atoms with Crippen molar-refractivity contribution < 1.29 is 4.79 Å². The molecule has 2 N–H and O–H groups in total. The molecule has 0 aromatic carbocycles. The smallest absolute Gasteiger partial charge is 0.237 e. The van der Waals surface area contributed by atoms with Gasteiger partial charge in [0.2, 0.25) is 5.91 Å². The summed E-state index contributed by atoms with van der Waals surface area (Å²) in [5.41, 5.74) is 6.10. The largest absolute Gasteiger partial charge is 0.336 e. The molecule has 2 fully saturated rings. The number of nitrogens with two attached hydrogens (primary N) is 1. The average molecular weight is 295 g/mol. The number of rotatable bonds is 4. The van der Waals surface area contributed by atoms with Crippen molar-refractivity contribution in [2.45, 2.75) is 77.4 Å².